The summed E-state index contributed by atoms with van der Waals surface area (Å²) in [6, 6.07) is 4.69. The normalized spacial score (nSPS) is 11.2. The molecule has 0 saturated heterocycles. The van der Waals surface area contributed by atoms with Gasteiger partial charge in [0.15, 0.2) is 5.82 Å². The van der Waals surface area contributed by atoms with Crippen LogP contribution in [0.4, 0.5) is 4.39 Å². The Kier molecular flexibility index (Phi) is 5.70. The molecule has 0 atom stereocenters. The predicted molar refractivity (Wildman–Crippen MR) is 83.6 cm³/mol. The lowest BCUT2D eigenvalue weighted by Crippen LogP contribution is -2.08. The van der Waals surface area contributed by atoms with Crippen molar-refractivity contribution in [3.8, 4) is 17.1 Å². The third-order valence-electron chi connectivity index (χ3n) is 2.57. The van der Waals surface area contributed by atoms with E-state index in [1.165, 1.54) is 29.4 Å². The summed E-state index contributed by atoms with van der Waals surface area (Å²) in [6.45, 7) is 2.56. The maximum Gasteiger partial charge on any atom is 0.332 e. The number of halogens is 2. The van der Waals surface area contributed by atoms with Crippen molar-refractivity contribution in [1.82, 2.24) is 14.8 Å². The summed E-state index contributed by atoms with van der Waals surface area (Å²) in [4.78, 5) is 15.5. The van der Waals surface area contributed by atoms with Crippen LogP contribution in [0.2, 0.25) is 5.02 Å². The van der Waals surface area contributed by atoms with Gasteiger partial charge in [0.05, 0.1) is 6.10 Å². The molecule has 0 aliphatic rings. The molecule has 122 valence electrons. The summed E-state index contributed by atoms with van der Waals surface area (Å²) in [6.07, 6.45) is 3.89. The van der Waals surface area contributed by atoms with Crippen LogP contribution in [0.15, 0.2) is 30.6 Å². The minimum Gasteiger partial charge on any atom is -0.463 e. The van der Waals surface area contributed by atoms with Gasteiger partial charge < -0.3 is 9.47 Å². The van der Waals surface area contributed by atoms with Gasteiger partial charge in [-0.2, -0.15) is 0 Å². The number of ether oxygens (including phenoxy) is 2. The number of carbonyl (C=O) groups is 1. The van der Waals surface area contributed by atoms with Crippen molar-refractivity contribution in [3.05, 3.63) is 35.6 Å². The maximum absolute atomic E-state index is 12.3. The standard InChI is InChI=1S/C15H15ClFN3O3/c1-10(2)23-14(21)3-4-20-9-18-15(19-20)11-5-12(16)7-13(6-11)22-8-17/h3-7,9-10H,8H2,1-2H3/b4-3-. The number of esters is 1. The van der Waals surface area contributed by atoms with E-state index >= 15 is 0 Å². The van der Waals surface area contributed by atoms with Crippen LogP contribution in [-0.4, -0.2) is 33.7 Å². The molecule has 0 unspecified atom stereocenters. The van der Waals surface area contributed by atoms with Gasteiger partial charge in [-0.1, -0.05) is 11.6 Å². The maximum atomic E-state index is 12.3. The molecular formula is C15H15ClFN3O3. The number of aromatic nitrogens is 3. The van der Waals surface area contributed by atoms with Gasteiger partial charge in [0.25, 0.3) is 0 Å². The van der Waals surface area contributed by atoms with E-state index in [4.69, 9.17) is 21.1 Å². The fraction of sp³-hybridized carbons (Fsp3) is 0.267. The first-order chi connectivity index (χ1) is 11.0. The van der Waals surface area contributed by atoms with Crippen LogP contribution in [0, 0.1) is 0 Å². The van der Waals surface area contributed by atoms with Gasteiger partial charge in [0.1, 0.15) is 12.1 Å². The first-order valence-electron chi connectivity index (χ1n) is 6.77. The minimum absolute atomic E-state index is 0.196. The van der Waals surface area contributed by atoms with Crippen molar-refractivity contribution in [2.24, 2.45) is 0 Å². The third-order valence-corrected chi connectivity index (χ3v) is 2.79. The summed E-state index contributed by atoms with van der Waals surface area (Å²) in [7, 11) is 0. The Morgan fingerprint density at radius 3 is 2.91 bits per heavy atom. The Balaban J connectivity index is 2.16. The SMILES string of the molecule is CC(C)OC(=O)/C=C\n1cnc(-c2cc(Cl)cc(OCF)c2)n1. The highest BCUT2D eigenvalue weighted by Gasteiger charge is 2.08. The highest BCUT2D eigenvalue weighted by Crippen LogP contribution is 2.26. The van der Waals surface area contributed by atoms with Gasteiger partial charge >= 0.3 is 5.97 Å². The average molecular weight is 340 g/mol. The van der Waals surface area contributed by atoms with Crippen molar-refractivity contribution >= 4 is 23.8 Å². The number of hydrogen-bond acceptors (Lipinski definition) is 5. The second-order valence-electron chi connectivity index (χ2n) is 4.78. The molecule has 0 aliphatic heterocycles. The molecular weight excluding hydrogens is 325 g/mol. The first-order valence-corrected chi connectivity index (χ1v) is 7.15. The van der Waals surface area contributed by atoms with Crippen LogP contribution in [0.5, 0.6) is 5.75 Å². The van der Waals surface area contributed by atoms with E-state index < -0.39 is 12.8 Å². The Hall–Kier alpha value is -2.41. The van der Waals surface area contributed by atoms with Crippen LogP contribution >= 0.6 is 11.6 Å². The monoisotopic (exact) mass is 339 g/mol. The summed E-state index contributed by atoms with van der Waals surface area (Å²) in [5.41, 5.74) is 0.567. The zero-order chi connectivity index (χ0) is 16.8. The van der Waals surface area contributed by atoms with Crippen molar-refractivity contribution in [1.29, 1.82) is 0 Å². The van der Waals surface area contributed by atoms with Gasteiger partial charge in [-0.3, -0.25) is 0 Å². The fourth-order valence-electron chi connectivity index (χ4n) is 1.73. The lowest BCUT2D eigenvalue weighted by molar-refractivity contribution is -0.141. The molecule has 0 fully saturated rings. The van der Waals surface area contributed by atoms with Crippen LogP contribution in [0.25, 0.3) is 17.6 Å². The molecule has 0 bridgehead atoms. The molecule has 0 spiro atoms. The Labute approximate surface area is 137 Å². The smallest absolute Gasteiger partial charge is 0.332 e. The summed E-state index contributed by atoms with van der Waals surface area (Å²) < 4.78 is 23.4. The van der Waals surface area contributed by atoms with Crippen LogP contribution < -0.4 is 4.74 Å². The van der Waals surface area contributed by atoms with E-state index in [-0.39, 0.29) is 11.9 Å². The highest BCUT2D eigenvalue weighted by molar-refractivity contribution is 6.31. The van der Waals surface area contributed by atoms with Crippen molar-refractivity contribution in [2.75, 3.05) is 6.86 Å². The van der Waals surface area contributed by atoms with Crippen LogP contribution in [0.3, 0.4) is 0 Å². The third kappa shape index (κ3) is 5.07. The molecule has 23 heavy (non-hydrogen) atoms. The Morgan fingerprint density at radius 2 is 2.22 bits per heavy atom. The minimum atomic E-state index is -0.956. The second-order valence-corrected chi connectivity index (χ2v) is 5.22. The first kappa shape index (κ1) is 17.0. The molecule has 1 aromatic heterocycles. The largest absolute Gasteiger partial charge is 0.463 e. The molecule has 8 heteroatoms. The molecule has 6 nitrogen and oxygen atoms in total. The fourth-order valence-corrected chi connectivity index (χ4v) is 1.95. The lowest BCUT2D eigenvalue weighted by atomic mass is 10.2. The molecule has 1 aromatic carbocycles. The number of rotatable bonds is 6. The van der Waals surface area contributed by atoms with Gasteiger partial charge in [-0.15, -0.1) is 5.10 Å². The number of alkyl halides is 1. The van der Waals surface area contributed by atoms with E-state index in [0.29, 0.717) is 16.4 Å². The number of nitrogens with zero attached hydrogens (tertiary/aromatic N) is 3. The van der Waals surface area contributed by atoms with Gasteiger partial charge in [0, 0.05) is 22.9 Å². The van der Waals surface area contributed by atoms with E-state index in [2.05, 4.69) is 10.1 Å². The highest BCUT2D eigenvalue weighted by atomic mass is 35.5. The number of carbonyl (C=O) groups excluding carboxylic acids is 1. The molecule has 0 N–H and O–H groups in total. The van der Waals surface area contributed by atoms with Gasteiger partial charge in [-0.05, 0) is 32.0 Å². The molecule has 2 aromatic rings. The molecule has 2 rings (SSSR count). The summed E-state index contributed by atoms with van der Waals surface area (Å²) in [5, 5.41) is 4.55. The molecule has 0 amide bonds. The zero-order valence-corrected chi connectivity index (χ0v) is 13.3. The van der Waals surface area contributed by atoms with E-state index in [1.54, 1.807) is 26.0 Å². The van der Waals surface area contributed by atoms with Gasteiger partial charge in [-0.25, -0.2) is 18.9 Å². The lowest BCUT2D eigenvalue weighted by Gasteiger charge is -2.04. The molecule has 0 aliphatic carbocycles. The van der Waals surface area contributed by atoms with Crippen LogP contribution in [0.1, 0.15) is 13.8 Å². The predicted octanol–water partition coefficient (Wildman–Crippen LogP) is 3.33. The quantitative estimate of drug-likeness (QED) is 0.596. The molecule has 1 heterocycles. The second kappa shape index (κ2) is 7.73. The Bertz CT molecular complexity index is 716. The van der Waals surface area contributed by atoms with Crippen molar-refractivity contribution in [3.63, 3.8) is 0 Å². The van der Waals surface area contributed by atoms with E-state index in [0.717, 1.165) is 0 Å². The Morgan fingerprint density at radius 1 is 1.43 bits per heavy atom. The van der Waals surface area contributed by atoms with Crippen molar-refractivity contribution < 1.29 is 18.7 Å². The average Bonchev–Trinajstić information content (AvgIpc) is 2.93. The number of hydrogen-bond donors (Lipinski definition) is 0. The van der Waals surface area contributed by atoms with Crippen LogP contribution in [-0.2, 0) is 9.53 Å². The zero-order valence-electron chi connectivity index (χ0n) is 12.6. The van der Waals surface area contributed by atoms with Crippen molar-refractivity contribution in [2.45, 2.75) is 20.0 Å². The van der Waals surface area contributed by atoms with E-state index in [1.807, 2.05) is 0 Å². The topological polar surface area (TPSA) is 66.2 Å². The van der Waals surface area contributed by atoms with E-state index in [9.17, 15) is 9.18 Å². The molecule has 0 radical (unpaired) electrons. The number of benzene rings is 1. The van der Waals surface area contributed by atoms with Gasteiger partial charge in [0.2, 0.25) is 6.86 Å². The summed E-state index contributed by atoms with van der Waals surface area (Å²) in [5.74, 6) is 0.166. The summed E-state index contributed by atoms with van der Waals surface area (Å²) >= 11 is 5.95. The molecule has 0 saturated carbocycles.